The van der Waals surface area contributed by atoms with E-state index in [-0.39, 0.29) is 0 Å². The molecule has 1 aromatic heterocycles. The van der Waals surface area contributed by atoms with Crippen LogP contribution in [0.25, 0.3) is 0 Å². The van der Waals surface area contributed by atoms with Gasteiger partial charge in [0.2, 0.25) is 5.75 Å². The smallest absolute Gasteiger partial charge is 0.268 e. The Morgan fingerprint density at radius 1 is 1.25 bits per heavy atom. The van der Waals surface area contributed by atoms with E-state index in [1.807, 2.05) is 24.3 Å². The van der Waals surface area contributed by atoms with Crippen LogP contribution in [0.3, 0.4) is 0 Å². The molecule has 0 radical (unpaired) electrons. The highest BCUT2D eigenvalue weighted by Crippen LogP contribution is 2.36. The third-order valence-corrected chi connectivity index (χ3v) is 3.22. The number of nitrogens with zero attached hydrogens (tertiary/aromatic N) is 2. The Hall–Kier alpha value is -1.82. The molecule has 5 nitrogen and oxygen atoms in total. The molecule has 0 saturated carbocycles. The Bertz CT molecular complexity index is 578. The van der Waals surface area contributed by atoms with Gasteiger partial charge in [-0.05, 0) is 34.5 Å². The van der Waals surface area contributed by atoms with Crippen molar-refractivity contribution in [3.05, 3.63) is 35.1 Å². The first kappa shape index (κ1) is 14.6. The molecule has 1 heterocycles. The van der Waals surface area contributed by atoms with E-state index in [1.165, 1.54) is 6.33 Å². The fourth-order valence-electron chi connectivity index (χ4n) is 1.62. The van der Waals surface area contributed by atoms with Gasteiger partial charge in [0.15, 0.2) is 5.82 Å². The lowest BCUT2D eigenvalue weighted by molar-refractivity contribution is 0.368. The number of anilines is 1. The zero-order valence-electron chi connectivity index (χ0n) is 11.4. The van der Waals surface area contributed by atoms with E-state index in [2.05, 4.69) is 38.1 Å². The van der Waals surface area contributed by atoms with Gasteiger partial charge in [-0.1, -0.05) is 19.1 Å². The van der Waals surface area contributed by atoms with E-state index in [4.69, 9.17) is 9.47 Å². The molecule has 2 rings (SSSR count). The van der Waals surface area contributed by atoms with Gasteiger partial charge in [-0.25, -0.2) is 4.98 Å². The molecule has 0 aliphatic heterocycles. The van der Waals surface area contributed by atoms with Gasteiger partial charge in [-0.15, -0.1) is 0 Å². The molecule has 0 saturated heterocycles. The first-order valence-corrected chi connectivity index (χ1v) is 7.10. The maximum atomic E-state index is 5.79. The molecule has 106 valence electrons. The number of halogens is 1. The highest BCUT2D eigenvalue weighted by atomic mass is 79.9. The third kappa shape index (κ3) is 3.39. The molecule has 2 aromatic rings. The van der Waals surface area contributed by atoms with Crippen molar-refractivity contribution in [2.45, 2.75) is 13.3 Å². The number of rotatable bonds is 6. The molecule has 0 amide bonds. The Kier molecular flexibility index (Phi) is 5.17. The molecular formula is C14H16BrN3O2. The van der Waals surface area contributed by atoms with Crippen LogP contribution in [-0.4, -0.2) is 23.6 Å². The SMILES string of the molecule is CCCNc1ncnc(Oc2ccccc2Br)c1OC. The molecule has 0 bridgehead atoms. The van der Waals surface area contributed by atoms with Crippen molar-refractivity contribution < 1.29 is 9.47 Å². The second-order valence-corrected chi connectivity index (χ2v) is 4.87. The third-order valence-electron chi connectivity index (χ3n) is 2.56. The highest BCUT2D eigenvalue weighted by molar-refractivity contribution is 9.10. The number of aromatic nitrogens is 2. The average molecular weight is 338 g/mol. The second kappa shape index (κ2) is 7.09. The molecule has 1 aromatic carbocycles. The minimum Gasteiger partial charge on any atom is -0.489 e. The summed E-state index contributed by atoms with van der Waals surface area (Å²) in [5, 5.41) is 3.19. The number of nitrogens with one attached hydrogen (secondary N) is 1. The average Bonchev–Trinajstić information content (AvgIpc) is 2.47. The van der Waals surface area contributed by atoms with Gasteiger partial charge in [0.1, 0.15) is 12.1 Å². The maximum absolute atomic E-state index is 5.79. The molecular weight excluding hydrogens is 322 g/mol. The Balaban J connectivity index is 2.29. The van der Waals surface area contributed by atoms with Crippen molar-refractivity contribution in [3.63, 3.8) is 0 Å². The van der Waals surface area contributed by atoms with Crippen molar-refractivity contribution in [1.82, 2.24) is 9.97 Å². The normalized spacial score (nSPS) is 10.2. The van der Waals surface area contributed by atoms with E-state index in [0.717, 1.165) is 17.4 Å². The Morgan fingerprint density at radius 3 is 2.75 bits per heavy atom. The van der Waals surface area contributed by atoms with Crippen molar-refractivity contribution >= 4 is 21.7 Å². The zero-order valence-corrected chi connectivity index (χ0v) is 13.0. The lowest BCUT2D eigenvalue weighted by atomic mass is 10.3. The molecule has 6 heteroatoms. The molecule has 0 aliphatic rings. The standard InChI is InChI=1S/C14H16BrN3O2/c1-3-8-16-13-12(19-2)14(18-9-17-13)20-11-7-5-4-6-10(11)15/h4-7,9H,3,8H2,1-2H3,(H,16,17,18). The molecule has 0 unspecified atom stereocenters. The van der Waals surface area contributed by atoms with E-state index in [9.17, 15) is 0 Å². The second-order valence-electron chi connectivity index (χ2n) is 4.02. The van der Waals surface area contributed by atoms with Crippen molar-refractivity contribution in [2.75, 3.05) is 19.0 Å². The van der Waals surface area contributed by atoms with Crippen LogP contribution in [0, 0.1) is 0 Å². The van der Waals surface area contributed by atoms with Gasteiger partial charge in [0.05, 0.1) is 11.6 Å². The number of para-hydroxylation sites is 1. The lowest BCUT2D eigenvalue weighted by Gasteiger charge is -2.13. The summed E-state index contributed by atoms with van der Waals surface area (Å²) in [5.41, 5.74) is 0. The van der Waals surface area contributed by atoms with Crippen molar-refractivity contribution in [1.29, 1.82) is 0 Å². The van der Waals surface area contributed by atoms with Crippen LogP contribution in [0.5, 0.6) is 17.4 Å². The van der Waals surface area contributed by atoms with Crippen molar-refractivity contribution in [3.8, 4) is 17.4 Å². The van der Waals surface area contributed by atoms with Crippen LogP contribution in [0.15, 0.2) is 35.1 Å². The summed E-state index contributed by atoms with van der Waals surface area (Å²) in [4.78, 5) is 8.31. The molecule has 0 spiro atoms. The Labute approximate surface area is 126 Å². The van der Waals surface area contributed by atoms with Gasteiger partial charge in [0, 0.05) is 6.54 Å². The Morgan fingerprint density at radius 2 is 2.05 bits per heavy atom. The minimum absolute atomic E-state index is 0.382. The van der Waals surface area contributed by atoms with Crippen LogP contribution < -0.4 is 14.8 Å². The summed E-state index contributed by atoms with van der Waals surface area (Å²) < 4.78 is 12.0. The summed E-state index contributed by atoms with van der Waals surface area (Å²) in [6.45, 7) is 2.89. The predicted molar refractivity (Wildman–Crippen MR) is 81.6 cm³/mol. The van der Waals surface area contributed by atoms with Crippen LogP contribution >= 0.6 is 15.9 Å². The molecule has 20 heavy (non-hydrogen) atoms. The maximum Gasteiger partial charge on any atom is 0.268 e. The van der Waals surface area contributed by atoms with Gasteiger partial charge < -0.3 is 14.8 Å². The van der Waals surface area contributed by atoms with Crippen molar-refractivity contribution in [2.24, 2.45) is 0 Å². The van der Waals surface area contributed by atoms with E-state index in [1.54, 1.807) is 7.11 Å². The molecule has 0 aliphatic carbocycles. The number of benzene rings is 1. The monoisotopic (exact) mass is 337 g/mol. The largest absolute Gasteiger partial charge is 0.489 e. The number of methoxy groups -OCH3 is 1. The fourth-order valence-corrected chi connectivity index (χ4v) is 1.98. The number of ether oxygens (including phenoxy) is 2. The van der Waals surface area contributed by atoms with Gasteiger partial charge >= 0.3 is 0 Å². The first-order valence-electron chi connectivity index (χ1n) is 6.31. The van der Waals surface area contributed by atoms with Gasteiger partial charge in [-0.3, -0.25) is 0 Å². The topological polar surface area (TPSA) is 56.3 Å². The molecule has 0 fully saturated rings. The number of hydrogen-bond acceptors (Lipinski definition) is 5. The highest BCUT2D eigenvalue weighted by Gasteiger charge is 2.14. The molecule has 1 N–H and O–H groups in total. The first-order chi connectivity index (χ1) is 9.76. The summed E-state index contributed by atoms with van der Waals surface area (Å²) in [6.07, 6.45) is 2.44. The van der Waals surface area contributed by atoms with Crippen LogP contribution in [0.1, 0.15) is 13.3 Å². The molecule has 0 atom stereocenters. The van der Waals surface area contributed by atoms with Crippen LogP contribution in [0.4, 0.5) is 5.82 Å². The zero-order chi connectivity index (χ0) is 14.4. The summed E-state index contributed by atoms with van der Waals surface area (Å²) >= 11 is 3.44. The lowest BCUT2D eigenvalue weighted by Crippen LogP contribution is -2.06. The van der Waals surface area contributed by atoms with Crippen LogP contribution in [-0.2, 0) is 0 Å². The number of hydrogen-bond donors (Lipinski definition) is 1. The summed E-state index contributed by atoms with van der Waals surface area (Å²) in [6, 6.07) is 7.57. The van der Waals surface area contributed by atoms with E-state index >= 15 is 0 Å². The summed E-state index contributed by atoms with van der Waals surface area (Å²) in [5.74, 6) is 2.18. The summed E-state index contributed by atoms with van der Waals surface area (Å²) in [7, 11) is 1.57. The minimum atomic E-state index is 0.382. The quantitative estimate of drug-likeness (QED) is 0.867. The fraction of sp³-hybridized carbons (Fsp3) is 0.286. The van der Waals surface area contributed by atoms with E-state index in [0.29, 0.717) is 23.2 Å². The predicted octanol–water partition coefficient (Wildman–Crippen LogP) is 3.86. The van der Waals surface area contributed by atoms with E-state index < -0.39 is 0 Å². The van der Waals surface area contributed by atoms with Gasteiger partial charge in [-0.2, -0.15) is 4.98 Å². The van der Waals surface area contributed by atoms with Gasteiger partial charge in [0.25, 0.3) is 5.88 Å². The van der Waals surface area contributed by atoms with Crippen LogP contribution in [0.2, 0.25) is 0 Å².